The van der Waals surface area contributed by atoms with Crippen LogP contribution < -0.4 is 0 Å². The molecule has 4 aromatic rings. The first-order valence-corrected chi connectivity index (χ1v) is 12.0. The van der Waals surface area contributed by atoms with Gasteiger partial charge in [0.15, 0.2) is 0 Å². The number of aliphatic hydroxyl groups excluding tert-OH is 1. The minimum absolute atomic E-state index is 0.0200. The number of allylic oxidation sites excluding steroid dienone is 7. The van der Waals surface area contributed by atoms with Gasteiger partial charge in [-0.25, -0.2) is 9.67 Å². The Bertz CT molecular complexity index is 1540. The van der Waals surface area contributed by atoms with Crippen LogP contribution in [0.3, 0.4) is 0 Å². The number of thiazole rings is 1. The topological polar surface area (TPSA) is 100 Å². The number of aryl methyl sites for hydroxylation is 1. The molecule has 2 aromatic heterocycles. The van der Waals surface area contributed by atoms with Gasteiger partial charge in [-0.15, -0.1) is 0 Å². The minimum atomic E-state index is -0.443. The Hall–Kier alpha value is -4.69. The maximum atomic E-state index is 10.8. The molecular weight excluding hydrogens is 472 g/mol. The van der Waals surface area contributed by atoms with Crippen molar-refractivity contribution >= 4 is 22.8 Å². The Kier molecular flexibility index (Phi) is 6.34. The smallest absolute Gasteiger partial charge is 0.222 e. The molecule has 1 N–H and O–H groups in total. The number of hydrogen-bond acceptors (Lipinski definition) is 6. The highest BCUT2D eigenvalue weighted by atomic mass is 32.1. The van der Waals surface area contributed by atoms with E-state index < -0.39 is 4.90 Å². The lowest BCUT2D eigenvalue weighted by molar-refractivity contribution is -0.377. The molecule has 0 saturated heterocycles. The molecule has 0 fully saturated rings. The summed E-state index contributed by atoms with van der Waals surface area (Å²) >= 11 is 1.34. The van der Waals surface area contributed by atoms with Crippen molar-refractivity contribution in [2.75, 3.05) is 0 Å². The molecule has 0 unspecified atom stereocenters. The van der Waals surface area contributed by atoms with Gasteiger partial charge >= 0.3 is 0 Å². The van der Waals surface area contributed by atoms with Crippen molar-refractivity contribution in [1.82, 2.24) is 14.8 Å². The van der Waals surface area contributed by atoms with Gasteiger partial charge in [0.2, 0.25) is 10.8 Å². The summed E-state index contributed by atoms with van der Waals surface area (Å²) in [4.78, 5) is 4.89. The quantitative estimate of drug-likeness (QED) is 0.198. The first kappa shape index (κ1) is 23.1. The highest BCUT2D eigenvalue weighted by Crippen LogP contribution is 2.33. The molecule has 0 amide bonds. The van der Waals surface area contributed by atoms with Gasteiger partial charge in [-0.2, -0.15) is 10.0 Å². The molecule has 7 nitrogen and oxygen atoms in total. The molecule has 2 heterocycles. The molecular formula is C28H21N4O3S-. The SMILES string of the molecule is Cc1nc(-n2nc(-c3ccccc3)cc2-c2ccccc2)sc1C(O)=CC=C1C=CC(=[N+]([O-])[O-])C=C1. The highest BCUT2D eigenvalue weighted by molar-refractivity contribution is 7.15. The average Bonchev–Trinajstić information content (AvgIpc) is 3.53. The Morgan fingerprint density at radius 1 is 0.944 bits per heavy atom. The third kappa shape index (κ3) is 4.75. The van der Waals surface area contributed by atoms with Crippen molar-refractivity contribution in [2.24, 2.45) is 0 Å². The number of aromatic nitrogens is 3. The first-order valence-electron chi connectivity index (χ1n) is 11.2. The fourth-order valence-electron chi connectivity index (χ4n) is 3.76. The van der Waals surface area contributed by atoms with Crippen molar-refractivity contribution in [3.05, 3.63) is 130 Å². The summed E-state index contributed by atoms with van der Waals surface area (Å²) < 4.78 is 1.81. The zero-order chi connectivity index (χ0) is 25.1. The molecule has 1 aliphatic rings. The van der Waals surface area contributed by atoms with E-state index in [1.165, 1.54) is 23.5 Å². The molecule has 2 aromatic carbocycles. The van der Waals surface area contributed by atoms with E-state index in [9.17, 15) is 15.5 Å². The zero-order valence-electron chi connectivity index (χ0n) is 19.3. The summed E-state index contributed by atoms with van der Waals surface area (Å²) in [5.41, 5.74) is 5.17. The molecule has 36 heavy (non-hydrogen) atoms. The van der Waals surface area contributed by atoms with E-state index >= 15 is 0 Å². The molecule has 178 valence electrons. The normalized spacial score (nSPS) is 13.3. The summed E-state index contributed by atoms with van der Waals surface area (Å²) in [6.07, 6.45) is 9.40. The van der Waals surface area contributed by atoms with Gasteiger partial charge < -0.3 is 15.5 Å². The number of aliphatic hydroxyl groups is 1. The zero-order valence-corrected chi connectivity index (χ0v) is 20.1. The fraction of sp³-hybridized carbons (Fsp3) is 0.0357. The van der Waals surface area contributed by atoms with Crippen LogP contribution in [0, 0.1) is 17.3 Å². The van der Waals surface area contributed by atoms with Gasteiger partial charge in [0.25, 0.3) is 0 Å². The molecule has 0 bridgehead atoms. The molecule has 1 aliphatic carbocycles. The molecule has 0 aliphatic heterocycles. The second-order valence-corrected chi connectivity index (χ2v) is 9.01. The number of nitrogens with zero attached hydrogens (tertiary/aromatic N) is 4. The fourth-order valence-corrected chi connectivity index (χ4v) is 4.72. The Morgan fingerprint density at radius 2 is 1.58 bits per heavy atom. The Labute approximate surface area is 211 Å². The van der Waals surface area contributed by atoms with Crippen LogP contribution in [0.1, 0.15) is 10.6 Å². The largest absolute Gasteiger partial charge is 0.612 e. The van der Waals surface area contributed by atoms with Crippen molar-refractivity contribution in [2.45, 2.75) is 6.92 Å². The van der Waals surface area contributed by atoms with Gasteiger partial charge in [-0.1, -0.05) is 78.1 Å². The van der Waals surface area contributed by atoms with Crippen molar-refractivity contribution in [1.29, 1.82) is 0 Å². The third-order valence-electron chi connectivity index (χ3n) is 5.59. The van der Waals surface area contributed by atoms with Crippen molar-refractivity contribution in [3.8, 4) is 27.6 Å². The molecule has 0 atom stereocenters. The first-order chi connectivity index (χ1) is 17.5. The highest BCUT2D eigenvalue weighted by Gasteiger charge is 2.18. The van der Waals surface area contributed by atoms with E-state index in [4.69, 9.17) is 10.1 Å². The molecule has 0 radical (unpaired) electrons. The van der Waals surface area contributed by atoms with E-state index in [-0.39, 0.29) is 11.5 Å². The molecule has 0 saturated carbocycles. The number of rotatable bonds is 5. The standard InChI is InChI=1S/C28H21N4O3S/c1-19-27(26(33)17-14-20-12-15-23(16-13-20)32(34)35)36-28(29-19)31-25(22-10-6-3-7-11-22)18-24(30-31)21-8-4-2-5-9-21/h2-18H,1H3,(H-,33,34,35)/q-1. The summed E-state index contributed by atoms with van der Waals surface area (Å²) in [7, 11) is 0. The van der Waals surface area contributed by atoms with Gasteiger partial charge in [0.05, 0.1) is 22.0 Å². The average molecular weight is 494 g/mol. The number of hydrogen-bond donors (Lipinski definition) is 1. The van der Waals surface area contributed by atoms with E-state index in [0.717, 1.165) is 28.1 Å². The Morgan fingerprint density at radius 3 is 2.22 bits per heavy atom. The van der Waals surface area contributed by atoms with Gasteiger partial charge in [0, 0.05) is 23.3 Å². The van der Waals surface area contributed by atoms with Crippen LogP contribution in [0.5, 0.6) is 0 Å². The summed E-state index contributed by atoms with van der Waals surface area (Å²) in [6, 6.07) is 22.0. The van der Waals surface area contributed by atoms with Gasteiger partial charge in [-0.3, -0.25) is 0 Å². The second-order valence-electron chi connectivity index (χ2n) is 8.04. The molecule has 8 heteroatoms. The lowest BCUT2D eigenvalue weighted by Crippen LogP contribution is -2.06. The van der Waals surface area contributed by atoms with Gasteiger partial charge in [-0.05, 0) is 36.8 Å². The Balaban J connectivity index is 1.51. The lowest BCUT2D eigenvalue weighted by atomic mass is 10.1. The van der Waals surface area contributed by atoms with Gasteiger partial charge in [0.1, 0.15) is 5.76 Å². The van der Waals surface area contributed by atoms with E-state index in [0.29, 0.717) is 15.7 Å². The lowest BCUT2D eigenvalue weighted by Gasteiger charge is -2.07. The third-order valence-corrected chi connectivity index (χ3v) is 6.74. The van der Waals surface area contributed by atoms with Crippen LogP contribution in [-0.2, 0) is 0 Å². The van der Waals surface area contributed by atoms with Crippen LogP contribution in [0.15, 0.2) is 109 Å². The maximum Gasteiger partial charge on any atom is 0.222 e. The molecule has 0 spiro atoms. The van der Waals surface area contributed by atoms with Crippen LogP contribution in [0.2, 0.25) is 0 Å². The maximum absolute atomic E-state index is 10.8. The van der Waals surface area contributed by atoms with E-state index in [2.05, 4.69) is 0 Å². The van der Waals surface area contributed by atoms with Crippen LogP contribution in [0.25, 0.3) is 33.4 Å². The summed E-state index contributed by atoms with van der Waals surface area (Å²) in [5, 5.41) is 38.0. The second kappa shape index (κ2) is 9.89. The van der Waals surface area contributed by atoms with Crippen LogP contribution in [-0.4, -0.2) is 30.5 Å². The predicted octanol–water partition coefficient (Wildman–Crippen LogP) is 6.37. The van der Waals surface area contributed by atoms with Crippen molar-refractivity contribution < 1.29 is 10.0 Å². The predicted molar refractivity (Wildman–Crippen MR) is 144 cm³/mol. The summed E-state index contributed by atoms with van der Waals surface area (Å²) in [6.45, 7) is 1.84. The number of benzene rings is 2. The van der Waals surface area contributed by atoms with E-state index in [1.807, 2.05) is 78.3 Å². The molecule has 5 rings (SSSR count). The minimum Gasteiger partial charge on any atom is -0.612 e. The van der Waals surface area contributed by atoms with Crippen molar-refractivity contribution in [3.63, 3.8) is 0 Å². The van der Waals surface area contributed by atoms with Crippen LogP contribution in [0.4, 0.5) is 0 Å². The van der Waals surface area contributed by atoms with Crippen LogP contribution >= 0.6 is 11.3 Å². The monoisotopic (exact) mass is 493 g/mol. The summed E-state index contributed by atoms with van der Waals surface area (Å²) in [5.74, 6) is 0.0614. The van der Waals surface area contributed by atoms with E-state index in [1.54, 1.807) is 24.3 Å².